The highest BCUT2D eigenvalue weighted by Gasteiger charge is 2.47. The monoisotopic (exact) mass is 196 g/mol. The summed E-state index contributed by atoms with van der Waals surface area (Å²) >= 11 is 0. The molecule has 1 aliphatic carbocycles. The van der Waals surface area contributed by atoms with E-state index in [0.717, 1.165) is 24.4 Å². The van der Waals surface area contributed by atoms with Crippen molar-refractivity contribution in [2.24, 2.45) is 17.8 Å². The Morgan fingerprint density at radius 2 is 2.00 bits per heavy atom. The van der Waals surface area contributed by atoms with Crippen molar-refractivity contribution in [3.63, 3.8) is 0 Å². The maximum Gasteiger partial charge on any atom is 0.161 e. The molecule has 0 aromatic rings. The average Bonchev–Trinajstić information content (AvgIpc) is 2.56. The second-order valence-electron chi connectivity index (χ2n) is 5.30. The predicted molar refractivity (Wildman–Crippen MR) is 53.8 cm³/mol. The van der Waals surface area contributed by atoms with Crippen LogP contribution in [0.3, 0.4) is 0 Å². The third kappa shape index (κ3) is 1.40. The Labute approximate surface area is 86.0 Å². The number of fused-ring (bicyclic) bond motifs is 3. The van der Waals surface area contributed by atoms with Crippen molar-refractivity contribution in [2.45, 2.75) is 51.4 Å². The summed E-state index contributed by atoms with van der Waals surface area (Å²) in [6.45, 7) is 3.30. The van der Waals surface area contributed by atoms with Crippen LogP contribution in [0.2, 0.25) is 0 Å². The van der Waals surface area contributed by atoms with Gasteiger partial charge in [0.2, 0.25) is 0 Å². The summed E-state index contributed by atoms with van der Waals surface area (Å²) in [7, 11) is 0. The van der Waals surface area contributed by atoms with Crippen LogP contribution in [0.1, 0.15) is 39.0 Å². The molecule has 3 aliphatic rings. The molecule has 14 heavy (non-hydrogen) atoms. The molecule has 0 unspecified atom stereocenters. The number of ether oxygens (including phenoxy) is 2. The van der Waals surface area contributed by atoms with Crippen LogP contribution in [-0.4, -0.2) is 19.0 Å². The normalized spacial score (nSPS) is 52.5. The van der Waals surface area contributed by atoms with E-state index in [9.17, 15) is 0 Å². The molecule has 0 spiro atoms. The molecule has 2 nitrogen and oxygen atoms in total. The minimum atomic E-state index is 0.157. The molecule has 0 radical (unpaired) electrons. The minimum absolute atomic E-state index is 0.157. The van der Waals surface area contributed by atoms with Crippen LogP contribution in [0.4, 0.5) is 0 Å². The third-order valence-corrected chi connectivity index (χ3v) is 4.27. The molecule has 0 bridgehead atoms. The lowest BCUT2D eigenvalue weighted by atomic mass is 9.74. The zero-order chi connectivity index (χ0) is 9.54. The molecule has 3 fully saturated rings. The molecule has 1 saturated carbocycles. The quantitative estimate of drug-likeness (QED) is 0.593. The van der Waals surface area contributed by atoms with E-state index in [4.69, 9.17) is 9.47 Å². The highest BCUT2D eigenvalue weighted by molar-refractivity contribution is 4.92. The summed E-state index contributed by atoms with van der Waals surface area (Å²) in [5.41, 5.74) is 0. The van der Waals surface area contributed by atoms with E-state index < -0.39 is 0 Å². The molecule has 2 aliphatic heterocycles. The summed E-state index contributed by atoms with van der Waals surface area (Å²) in [5, 5.41) is 0. The maximum atomic E-state index is 6.00. The van der Waals surface area contributed by atoms with Crippen molar-refractivity contribution >= 4 is 0 Å². The van der Waals surface area contributed by atoms with Crippen molar-refractivity contribution in [3.05, 3.63) is 0 Å². The first-order valence-corrected chi connectivity index (χ1v) is 6.11. The van der Waals surface area contributed by atoms with Crippen LogP contribution in [-0.2, 0) is 9.47 Å². The highest BCUT2D eigenvalue weighted by Crippen LogP contribution is 2.46. The first-order valence-electron chi connectivity index (χ1n) is 6.11. The first-order chi connectivity index (χ1) is 6.84. The van der Waals surface area contributed by atoms with Gasteiger partial charge in [-0.15, -0.1) is 0 Å². The standard InChI is InChI=1S/C12H20O2/c1-8-4-5-11-10(7-8)9-3-2-6-13-12(9)14-11/h8-12H,2-7H2,1H3/t8-,9-,10+,11-,12+/m1/s1. The van der Waals surface area contributed by atoms with Gasteiger partial charge in [0, 0.05) is 12.5 Å². The lowest BCUT2D eigenvalue weighted by molar-refractivity contribution is -0.167. The number of hydrogen-bond acceptors (Lipinski definition) is 2. The van der Waals surface area contributed by atoms with E-state index in [1.165, 1.54) is 32.1 Å². The van der Waals surface area contributed by atoms with Crippen molar-refractivity contribution in [3.8, 4) is 0 Å². The Hall–Kier alpha value is -0.0800. The van der Waals surface area contributed by atoms with Crippen LogP contribution in [0.5, 0.6) is 0 Å². The van der Waals surface area contributed by atoms with Gasteiger partial charge in [0.05, 0.1) is 6.10 Å². The van der Waals surface area contributed by atoms with E-state index in [-0.39, 0.29) is 6.29 Å². The molecule has 2 heterocycles. The molecular formula is C12H20O2. The SMILES string of the molecule is C[C@@H]1CC[C@H]2O[C@@H]3OCCC[C@@H]3[C@@H]2C1. The van der Waals surface area contributed by atoms with E-state index in [0.29, 0.717) is 6.10 Å². The third-order valence-electron chi connectivity index (χ3n) is 4.27. The second-order valence-corrected chi connectivity index (χ2v) is 5.30. The van der Waals surface area contributed by atoms with E-state index in [1.807, 2.05) is 0 Å². The largest absolute Gasteiger partial charge is 0.352 e. The summed E-state index contributed by atoms with van der Waals surface area (Å²) in [6.07, 6.45) is 7.24. The zero-order valence-electron chi connectivity index (χ0n) is 8.95. The Morgan fingerprint density at radius 1 is 1.07 bits per heavy atom. The van der Waals surface area contributed by atoms with Gasteiger partial charge in [-0.1, -0.05) is 6.92 Å². The van der Waals surface area contributed by atoms with Gasteiger partial charge in [0.15, 0.2) is 6.29 Å². The summed E-state index contributed by atoms with van der Waals surface area (Å²) in [4.78, 5) is 0. The van der Waals surface area contributed by atoms with Crippen LogP contribution < -0.4 is 0 Å². The fourth-order valence-electron chi connectivity index (χ4n) is 3.52. The topological polar surface area (TPSA) is 18.5 Å². The van der Waals surface area contributed by atoms with Crippen molar-refractivity contribution in [1.82, 2.24) is 0 Å². The van der Waals surface area contributed by atoms with Crippen molar-refractivity contribution in [1.29, 1.82) is 0 Å². The van der Waals surface area contributed by atoms with Gasteiger partial charge < -0.3 is 9.47 Å². The molecule has 80 valence electrons. The molecule has 0 N–H and O–H groups in total. The Kier molecular flexibility index (Phi) is 2.29. The summed E-state index contributed by atoms with van der Waals surface area (Å²) < 4.78 is 11.7. The Morgan fingerprint density at radius 3 is 2.93 bits per heavy atom. The molecular weight excluding hydrogens is 176 g/mol. The summed E-state index contributed by atoms with van der Waals surface area (Å²) in [6, 6.07) is 0. The Bertz CT molecular complexity index is 216. The molecule has 3 rings (SSSR count). The maximum absolute atomic E-state index is 6.00. The lowest BCUT2D eigenvalue weighted by Gasteiger charge is -2.32. The smallest absolute Gasteiger partial charge is 0.161 e. The fourth-order valence-corrected chi connectivity index (χ4v) is 3.52. The fraction of sp³-hybridized carbons (Fsp3) is 1.00. The van der Waals surface area contributed by atoms with E-state index in [2.05, 4.69) is 6.92 Å². The number of rotatable bonds is 0. The minimum Gasteiger partial charge on any atom is -0.352 e. The Balaban J connectivity index is 1.75. The van der Waals surface area contributed by atoms with Gasteiger partial charge >= 0.3 is 0 Å². The summed E-state index contributed by atoms with van der Waals surface area (Å²) in [5.74, 6) is 2.43. The molecule has 0 aromatic heterocycles. The molecule has 2 heteroatoms. The van der Waals surface area contributed by atoms with Crippen LogP contribution in [0, 0.1) is 17.8 Å². The van der Waals surface area contributed by atoms with Gasteiger partial charge in [0.1, 0.15) is 0 Å². The van der Waals surface area contributed by atoms with Crippen LogP contribution in [0.15, 0.2) is 0 Å². The molecule has 5 atom stereocenters. The van der Waals surface area contributed by atoms with Crippen LogP contribution in [0.25, 0.3) is 0 Å². The second kappa shape index (κ2) is 3.49. The lowest BCUT2D eigenvalue weighted by Crippen LogP contribution is -2.31. The van der Waals surface area contributed by atoms with E-state index in [1.54, 1.807) is 0 Å². The average molecular weight is 196 g/mol. The zero-order valence-corrected chi connectivity index (χ0v) is 8.95. The van der Waals surface area contributed by atoms with Crippen molar-refractivity contribution < 1.29 is 9.47 Å². The van der Waals surface area contributed by atoms with Gasteiger partial charge in [-0.05, 0) is 43.9 Å². The van der Waals surface area contributed by atoms with Gasteiger partial charge in [-0.25, -0.2) is 0 Å². The highest BCUT2D eigenvalue weighted by atomic mass is 16.7. The van der Waals surface area contributed by atoms with Gasteiger partial charge in [-0.3, -0.25) is 0 Å². The van der Waals surface area contributed by atoms with E-state index >= 15 is 0 Å². The molecule has 2 saturated heterocycles. The van der Waals surface area contributed by atoms with Crippen LogP contribution >= 0.6 is 0 Å². The number of hydrogen-bond donors (Lipinski definition) is 0. The first kappa shape index (κ1) is 9.17. The predicted octanol–water partition coefficient (Wildman–Crippen LogP) is 2.57. The van der Waals surface area contributed by atoms with Gasteiger partial charge in [0.25, 0.3) is 0 Å². The molecule has 0 amide bonds. The van der Waals surface area contributed by atoms with Crippen molar-refractivity contribution in [2.75, 3.05) is 6.61 Å². The molecule has 0 aromatic carbocycles. The van der Waals surface area contributed by atoms with Gasteiger partial charge in [-0.2, -0.15) is 0 Å².